The van der Waals surface area contributed by atoms with Crippen LogP contribution in [-0.4, -0.2) is 81.1 Å². The third-order valence-electron chi connectivity index (χ3n) is 9.30. The van der Waals surface area contributed by atoms with Gasteiger partial charge in [0.1, 0.15) is 0 Å². The first-order chi connectivity index (χ1) is 24.3. The quantitative estimate of drug-likeness (QED) is 0.153. The van der Waals surface area contributed by atoms with Crippen LogP contribution >= 0.6 is 0 Å². The Kier molecular flexibility index (Phi) is 9.45. The van der Waals surface area contributed by atoms with Crippen molar-refractivity contribution in [2.45, 2.75) is 37.9 Å². The topological polar surface area (TPSA) is 152 Å². The van der Waals surface area contributed by atoms with E-state index >= 15 is 0 Å². The predicted molar refractivity (Wildman–Crippen MR) is 193 cm³/mol. The molecule has 0 radical (unpaired) electrons. The molecule has 0 unspecified atom stereocenters. The van der Waals surface area contributed by atoms with Gasteiger partial charge in [0.05, 0.1) is 29.6 Å². The number of carbonyl (C=O) groups is 3. The Hall–Kier alpha value is -5.72. The molecule has 5 N–H and O–H groups in total. The standard InChI is InChI=1S/C38H39N7O5/c46-33-15-19-43(20-16-33)31-10-3-26(4-11-31)37(49)41-30-9-14-35-27(23-30)24-39-45(35)32-12-7-28(8-13-32)40-36(48)25-1-5-29(6-2-25)42-38(50)44-21-17-34(47)18-22-44/h1-14,23-24,33-34,46-47H,15-22H2,(H,40,48)(H,41,49)(H,42,50). The maximum Gasteiger partial charge on any atom is 0.321 e. The van der Waals surface area contributed by atoms with Crippen LogP contribution < -0.4 is 20.9 Å². The van der Waals surface area contributed by atoms with Crippen LogP contribution in [-0.2, 0) is 0 Å². The van der Waals surface area contributed by atoms with E-state index in [1.807, 2.05) is 54.6 Å². The zero-order valence-electron chi connectivity index (χ0n) is 27.5. The van der Waals surface area contributed by atoms with E-state index in [2.05, 4.69) is 25.9 Å². The van der Waals surface area contributed by atoms with Crippen molar-refractivity contribution >= 4 is 51.5 Å². The minimum atomic E-state index is -0.354. The van der Waals surface area contributed by atoms with Gasteiger partial charge >= 0.3 is 6.03 Å². The highest BCUT2D eigenvalue weighted by molar-refractivity contribution is 6.06. The molecule has 12 nitrogen and oxygen atoms in total. The monoisotopic (exact) mass is 673 g/mol. The Morgan fingerprint density at radius 1 is 0.600 bits per heavy atom. The van der Waals surface area contributed by atoms with Crippen LogP contribution in [0.25, 0.3) is 16.6 Å². The van der Waals surface area contributed by atoms with Crippen LogP contribution in [0.2, 0.25) is 0 Å². The third-order valence-corrected chi connectivity index (χ3v) is 9.30. The van der Waals surface area contributed by atoms with Gasteiger partial charge in [-0.15, -0.1) is 0 Å². The molecule has 256 valence electrons. The Labute approximate surface area is 289 Å². The molecule has 5 aromatic rings. The number of aliphatic hydroxyl groups is 2. The lowest BCUT2D eigenvalue weighted by molar-refractivity contribution is 0.0970. The fourth-order valence-electron chi connectivity index (χ4n) is 6.33. The van der Waals surface area contributed by atoms with Crippen LogP contribution in [0.5, 0.6) is 0 Å². The van der Waals surface area contributed by atoms with E-state index in [1.54, 1.807) is 52.2 Å². The van der Waals surface area contributed by atoms with Crippen LogP contribution in [0.1, 0.15) is 46.4 Å². The predicted octanol–water partition coefficient (Wildman–Crippen LogP) is 5.48. The summed E-state index contributed by atoms with van der Waals surface area (Å²) in [5, 5.41) is 33.6. The van der Waals surface area contributed by atoms with Gasteiger partial charge in [-0.1, -0.05) is 0 Å². The fraction of sp³-hybridized carbons (Fsp3) is 0.263. The summed E-state index contributed by atoms with van der Waals surface area (Å²) in [6.07, 6.45) is 3.79. The summed E-state index contributed by atoms with van der Waals surface area (Å²) in [6.45, 7) is 2.61. The van der Waals surface area contributed by atoms with E-state index < -0.39 is 0 Å². The first kappa shape index (κ1) is 32.8. The van der Waals surface area contributed by atoms with E-state index in [1.165, 1.54) is 0 Å². The lowest BCUT2D eigenvalue weighted by Gasteiger charge is -2.31. The molecule has 7 rings (SSSR count). The molecule has 2 saturated heterocycles. The molecule has 4 amide bonds. The SMILES string of the molecule is O=C(Nc1ccc(-n2ncc3cc(NC(=O)c4ccc(N5CCC(O)CC5)cc4)ccc32)cc1)c1ccc(NC(=O)N2CCC(O)CC2)cc1. The van der Waals surface area contributed by atoms with Crippen molar-refractivity contribution < 1.29 is 24.6 Å². The highest BCUT2D eigenvalue weighted by Gasteiger charge is 2.21. The molecule has 50 heavy (non-hydrogen) atoms. The van der Waals surface area contributed by atoms with Gasteiger partial charge in [0.25, 0.3) is 11.8 Å². The maximum absolute atomic E-state index is 13.0. The molecular formula is C38H39N7O5. The zero-order chi connectivity index (χ0) is 34.6. The molecule has 0 saturated carbocycles. The number of piperidine rings is 2. The van der Waals surface area contributed by atoms with Gasteiger partial charge < -0.3 is 36.0 Å². The van der Waals surface area contributed by atoms with Crippen molar-refractivity contribution in [3.63, 3.8) is 0 Å². The molecule has 2 fully saturated rings. The molecule has 0 atom stereocenters. The Morgan fingerprint density at radius 3 is 1.74 bits per heavy atom. The normalized spacial score (nSPS) is 15.6. The molecule has 3 heterocycles. The largest absolute Gasteiger partial charge is 0.393 e. The van der Waals surface area contributed by atoms with Gasteiger partial charge in [-0.25, -0.2) is 9.48 Å². The van der Waals surface area contributed by atoms with Crippen molar-refractivity contribution in [3.05, 3.63) is 108 Å². The van der Waals surface area contributed by atoms with Gasteiger partial charge in [-0.2, -0.15) is 5.10 Å². The number of aromatic nitrogens is 2. The summed E-state index contributed by atoms with van der Waals surface area (Å²) in [4.78, 5) is 42.3. The molecule has 0 spiro atoms. The van der Waals surface area contributed by atoms with Gasteiger partial charge in [0, 0.05) is 65.4 Å². The Balaban J connectivity index is 0.939. The van der Waals surface area contributed by atoms with E-state index in [0.717, 1.165) is 48.2 Å². The summed E-state index contributed by atoms with van der Waals surface area (Å²) >= 11 is 0. The summed E-state index contributed by atoms with van der Waals surface area (Å²) in [5.41, 5.74) is 5.59. The lowest BCUT2D eigenvalue weighted by atomic mass is 10.1. The molecule has 1 aromatic heterocycles. The molecule has 2 aliphatic heterocycles. The average molecular weight is 674 g/mol. The first-order valence-electron chi connectivity index (χ1n) is 16.9. The van der Waals surface area contributed by atoms with Gasteiger partial charge in [-0.05, 0) is 117 Å². The number of likely N-dealkylation sites (tertiary alicyclic amines) is 1. The first-order valence-corrected chi connectivity index (χ1v) is 16.9. The summed E-state index contributed by atoms with van der Waals surface area (Å²) in [6, 6.07) is 27.0. The number of nitrogens with zero attached hydrogens (tertiary/aromatic N) is 4. The number of carbonyl (C=O) groups excluding carboxylic acids is 3. The Morgan fingerprint density at radius 2 is 1.10 bits per heavy atom. The number of benzene rings is 4. The second-order valence-corrected chi connectivity index (χ2v) is 12.8. The van der Waals surface area contributed by atoms with Crippen molar-refractivity contribution in [1.82, 2.24) is 14.7 Å². The number of rotatable bonds is 7. The van der Waals surface area contributed by atoms with E-state index in [4.69, 9.17) is 0 Å². The maximum atomic E-state index is 13.0. The molecule has 12 heteroatoms. The van der Waals surface area contributed by atoms with Gasteiger partial charge in [0.15, 0.2) is 0 Å². The second-order valence-electron chi connectivity index (χ2n) is 12.8. The zero-order valence-corrected chi connectivity index (χ0v) is 27.5. The highest BCUT2D eigenvalue weighted by Crippen LogP contribution is 2.25. The number of hydrogen-bond donors (Lipinski definition) is 5. The fourth-order valence-corrected chi connectivity index (χ4v) is 6.33. The highest BCUT2D eigenvalue weighted by atomic mass is 16.3. The van der Waals surface area contributed by atoms with Crippen LogP contribution in [0.3, 0.4) is 0 Å². The smallest absolute Gasteiger partial charge is 0.321 e. The number of hydrogen-bond acceptors (Lipinski definition) is 7. The van der Waals surface area contributed by atoms with Crippen LogP contribution in [0.4, 0.5) is 27.5 Å². The number of fused-ring (bicyclic) bond motifs is 1. The minimum Gasteiger partial charge on any atom is -0.393 e. The molecular weight excluding hydrogens is 634 g/mol. The second kappa shape index (κ2) is 14.4. The molecule has 0 bridgehead atoms. The van der Waals surface area contributed by atoms with E-state index in [-0.39, 0.29) is 30.1 Å². The van der Waals surface area contributed by atoms with Gasteiger partial charge in [-0.3, -0.25) is 9.59 Å². The van der Waals surface area contributed by atoms with Gasteiger partial charge in [0.2, 0.25) is 0 Å². The number of urea groups is 1. The summed E-state index contributed by atoms with van der Waals surface area (Å²) in [7, 11) is 0. The number of amides is 4. The molecule has 2 aliphatic rings. The van der Waals surface area contributed by atoms with Crippen molar-refractivity contribution in [2.24, 2.45) is 0 Å². The average Bonchev–Trinajstić information content (AvgIpc) is 3.56. The Bertz CT molecular complexity index is 1980. The summed E-state index contributed by atoms with van der Waals surface area (Å²) in [5.74, 6) is -0.480. The minimum absolute atomic E-state index is 0.201. The number of anilines is 4. The third kappa shape index (κ3) is 7.46. The summed E-state index contributed by atoms with van der Waals surface area (Å²) < 4.78 is 1.80. The molecule has 4 aromatic carbocycles. The molecule has 0 aliphatic carbocycles. The van der Waals surface area contributed by atoms with E-state index in [9.17, 15) is 24.6 Å². The number of nitrogens with one attached hydrogen (secondary N) is 3. The van der Waals surface area contributed by atoms with Crippen molar-refractivity contribution in [3.8, 4) is 5.69 Å². The van der Waals surface area contributed by atoms with E-state index in [0.29, 0.717) is 54.1 Å². The van der Waals surface area contributed by atoms with Crippen molar-refractivity contribution in [1.29, 1.82) is 0 Å². The number of aliphatic hydroxyl groups excluding tert-OH is 2. The lowest BCUT2D eigenvalue weighted by Crippen LogP contribution is -2.42. The van der Waals surface area contributed by atoms with Crippen LogP contribution in [0.15, 0.2) is 97.2 Å². The van der Waals surface area contributed by atoms with Crippen molar-refractivity contribution in [2.75, 3.05) is 47.0 Å². The van der Waals surface area contributed by atoms with Crippen LogP contribution in [0, 0.1) is 0 Å².